The van der Waals surface area contributed by atoms with Gasteiger partial charge >= 0.3 is 0 Å². The summed E-state index contributed by atoms with van der Waals surface area (Å²) >= 11 is 0. The van der Waals surface area contributed by atoms with E-state index in [1.165, 1.54) is 0 Å². The Hall–Kier alpha value is -3.15. The number of hydrogen-bond donors (Lipinski definition) is 1. The monoisotopic (exact) mass is 376 g/mol. The third-order valence-corrected chi connectivity index (χ3v) is 5.17. The van der Waals surface area contributed by atoms with Crippen LogP contribution in [0.4, 0.5) is 11.5 Å². The minimum Gasteiger partial charge on any atom is -0.478 e. The van der Waals surface area contributed by atoms with Gasteiger partial charge in [-0.05, 0) is 49.6 Å². The molecule has 1 aliphatic rings. The number of aromatic nitrogens is 2. The van der Waals surface area contributed by atoms with Crippen molar-refractivity contribution in [2.45, 2.75) is 19.8 Å². The first-order valence-corrected chi connectivity index (χ1v) is 9.57. The van der Waals surface area contributed by atoms with Gasteiger partial charge < -0.3 is 15.0 Å². The molecule has 1 N–H and O–H groups in total. The van der Waals surface area contributed by atoms with Crippen molar-refractivity contribution in [3.63, 3.8) is 0 Å². The Morgan fingerprint density at radius 3 is 2.46 bits per heavy atom. The summed E-state index contributed by atoms with van der Waals surface area (Å²) in [6.45, 7) is 3.51. The number of ether oxygens (including phenoxy) is 1. The molecule has 1 saturated heterocycles. The number of piperidine rings is 1. The van der Waals surface area contributed by atoms with Crippen LogP contribution < -0.4 is 15.0 Å². The van der Waals surface area contributed by atoms with Gasteiger partial charge in [0.15, 0.2) is 5.82 Å². The van der Waals surface area contributed by atoms with Crippen LogP contribution in [0.3, 0.4) is 0 Å². The van der Waals surface area contributed by atoms with Crippen molar-refractivity contribution in [3.05, 3.63) is 54.1 Å². The third kappa shape index (κ3) is 3.76. The summed E-state index contributed by atoms with van der Waals surface area (Å²) in [7, 11) is 1.62. The van der Waals surface area contributed by atoms with Gasteiger partial charge in [-0.15, -0.1) is 0 Å². The molecule has 3 aromatic rings. The lowest BCUT2D eigenvalue weighted by Crippen LogP contribution is -2.38. The van der Waals surface area contributed by atoms with Crippen molar-refractivity contribution >= 4 is 28.4 Å². The molecule has 6 nitrogen and oxygen atoms in total. The molecule has 0 radical (unpaired) electrons. The molecule has 144 valence electrons. The molecule has 28 heavy (non-hydrogen) atoms. The summed E-state index contributed by atoms with van der Waals surface area (Å²) in [5, 5.41) is 3.04. The highest BCUT2D eigenvalue weighted by atomic mass is 16.5. The lowest BCUT2D eigenvalue weighted by atomic mass is 9.95. The number of para-hydroxylation sites is 2. The Morgan fingerprint density at radius 1 is 1.07 bits per heavy atom. The van der Waals surface area contributed by atoms with Crippen LogP contribution in [0, 0.1) is 12.8 Å². The largest absolute Gasteiger partial charge is 0.478 e. The maximum absolute atomic E-state index is 12.6. The van der Waals surface area contributed by atoms with E-state index in [1.807, 2.05) is 55.5 Å². The van der Waals surface area contributed by atoms with Crippen LogP contribution in [0.25, 0.3) is 11.0 Å². The van der Waals surface area contributed by atoms with Crippen LogP contribution in [0.1, 0.15) is 18.4 Å². The molecule has 1 fully saturated rings. The molecule has 2 heterocycles. The zero-order chi connectivity index (χ0) is 19.5. The fourth-order valence-corrected chi connectivity index (χ4v) is 3.64. The van der Waals surface area contributed by atoms with Gasteiger partial charge in [0.1, 0.15) is 0 Å². The molecule has 0 unspecified atom stereocenters. The van der Waals surface area contributed by atoms with E-state index in [2.05, 4.69) is 15.2 Å². The fraction of sp³-hybridized carbons (Fsp3) is 0.318. The third-order valence-electron chi connectivity index (χ3n) is 5.17. The van der Waals surface area contributed by atoms with Crippen molar-refractivity contribution < 1.29 is 9.53 Å². The van der Waals surface area contributed by atoms with E-state index in [-0.39, 0.29) is 11.8 Å². The molecule has 1 aliphatic heterocycles. The molecule has 0 aliphatic carbocycles. The first-order chi connectivity index (χ1) is 13.6. The van der Waals surface area contributed by atoms with Crippen LogP contribution in [-0.4, -0.2) is 36.1 Å². The first kappa shape index (κ1) is 18.2. The summed E-state index contributed by atoms with van der Waals surface area (Å²) in [5.41, 5.74) is 3.65. The number of amides is 1. The van der Waals surface area contributed by atoms with E-state index in [0.29, 0.717) is 5.88 Å². The molecule has 4 rings (SSSR count). The normalized spacial score (nSPS) is 14.9. The predicted molar refractivity (Wildman–Crippen MR) is 111 cm³/mol. The molecule has 0 bridgehead atoms. The summed E-state index contributed by atoms with van der Waals surface area (Å²) in [5.74, 6) is 1.36. The van der Waals surface area contributed by atoms with E-state index in [9.17, 15) is 4.79 Å². The summed E-state index contributed by atoms with van der Waals surface area (Å²) in [6, 6.07) is 15.7. The lowest BCUT2D eigenvalue weighted by molar-refractivity contribution is -0.120. The molecule has 1 amide bonds. The Labute approximate surface area is 164 Å². The molecular weight excluding hydrogens is 352 g/mol. The van der Waals surface area contributed by atoms with E-state index in [4.69, 9.17) is 9.72 Å². The highest BCUT2D eigenvalue weighted by molar-refractivity contribution is 5.92. The average Bonchev–Trinajstić information content (AvgIpc) is 2.73. The molecule has 2 aromatic carbocycles. The lowest BCUT2D eigenvalue weighted by Gasteiger charge is -2.32. The number of carbonyl (C=O) groups excluding carboxylic acids is 1. The number of benzene rings is 2. The topological polar surface area (TPSA) is 67.4 Å². The molecule has 6 heteroatoms. The van der Waals surface area contributed by atoms with Gasteiger partial charge in [0.05, 0.1) is 18.1 Å². The van der Waals surface area contributed by atoms with Crippen molar-refractivity contribution in [1.82, 2.24) is 9.97 Å². The standard InChI is InChI=1S/C22H24N4O2/c1-15-6-5-7-17(14-15)23-21(27)16-10-12-26(13-11-16)20-22(28-2)25-19-9-4-3-8-18(19)24-20/h3-9,14,16H,10-13H2,1-2H3,(H,23,27). The maximum Gasteiger partial charge on any atom is 0.257 e. The van der Waals surface area contributed by atoms with Gasteiger partial charge in [-0.2, -0.15) is 0 Å². The van der Waals surface area contributed by atoms with Gasteiger partial charge in [0, 0.05) is 24.7 Å². The van der Waals surface area contributed by atoms with E-state index >= 15 is 0 Å². The van der Waals surface area contributed by atoms with E-state index < -0.39 is 0 Å². The molecule has 1 aromatic heterocycles. The summed E-state index contributed by atoms with van der Waals surface area (Å²) in [4.78, 5) is 24.1. The second-order valence-corrected chi connectivity index (χ2v) is 7.17. The smallest absolute Gasteiger partial charge is 0.257 e. The van der Waals surface area contributed by atoms with E-state index in [0.717, 1.165) is 54.0 Å². The van der Waals surface area contributed by atoms with Crippen molar-refractivity contribution in [2.75, 3.05) is 30.4 Å². The Kier molecular flexibility index (Phi) is 5.10. The fourth-order valence-electron chi connectivity index (χ4n) is 3.64. The quantitative estimate of drug-likeness (QED) is 0.750. The number of nitrogens with one attached hydrogen (secondary N) is 1. The number of carbonyl (C=O) groups is 1. The Morgan fingerprint density at radius 2 is 1.79 bits per heavy atom. The molecular formula is C22H24N4O2. The number of hydrogen-bond acceptors (Lipinski definition) is 5. The van der Waals surface area contributed by atoms with Crippen LogP contribution >= 0.6 is 0 Å². The number of aryl methyl sites for hydroxylation is 1. The highest BCUT2D eigenvalue weighted by Gasteiger charge is 2.27. The minimum absolute atomic E-state index is 0.00354. The van der Waals surface area contributed by atoms with Crippen LogP contribution in [-0.2, 0) is 4.79 Å². The van der Waals surface area contributed by atoms with Crippen LogP contribution in [0.15, 0.2) is 48.5 Å². The second-order valence-electron chi connectivity index (χ2n) is 7.17. The molecule has 0 saturated carbocycles. The zero-order valence-corrected chi connectivity index (χ0v) is 16.2. The Balaban J connectivity index is 1.45. The van der Waals surface area contributed by atoms with Gasteiger partial charge in [-0.1, -0.05) is 24.3 Å². The average molecular weight is 376 g/mol. The van der Waals surface area contributed by atoms with Crippen molar-refractivity contribution in [2.24, 2.45) is 5.92 Å². The first-order valence-electron chi connectivity index (χ1n) is 9.57. The van der Waals surface area contributed by atoms with Crippen molar-refractivity contribution in [1.29, 1.82) is 0 Å². The van der Waals surface area contributed by atoms with Crippen LogP contribution in [0.5, 0.6) is 5.88 Å². The molecule has 0 spiro atoms. The number of rotatable bonds is 4. The zero-order valence-electron chi connectivity index (χ0n) is 16.2. The maximum atomic E-state index is 12.6. The number of anilines is 2. The molecule has 0 atom stereocenters. The van der Waals surface area contributed by atoms with Crippen molar-refractivity contribution in [3.8, 4) is 5.88 Å². The number of fused-ring (bicyclic) bond motifs is 1. The van der Waals surface area contributed by atoms with E-state index in [1.54, 1.807) is 7.11 Å². The Bertz CT molecular complexity index is 997. The summed E-state index contributed by atoms with van der Waals surface area (Å²) < 4.78 is 5.48. The number of methoxy groups -OCH3 is 1. The minimum atomic E-state index is -0.00354. The van der Waals surface area contributed by atoms with Crippen LogP contribution in [0.2, 0.25) is 0 Å². The number of nitrogens with zero attached hydrogens (tertiary/aromatic N) is 3. The van der Waals surface area contributed by atoms with Gasteiger partial charge in [-0.25, -0.2) is 9.97 Å². The highest BCUT2D eigenvalue weighted by Crippen LogP contribution is 2.30. The van der Waals surface area contributed by atoms with Gasteiger partial charge in [-0.3, -0.25) is 4.79 Å². The predicted octanol–water partition coefficient (Wildman–Crippen LogP) is 3.80. The van der Waals surface area contributed by atoms with Gasteiger partial charge in [0.2, 0.25) is 5.91 Å². The second kappa shape index (κ2) is 7.84. The van der Waals surface area contributed by atoms with Gasteiger partial charge in [0.25, 0.3) is 5.88 Å². The SMILES string of the molecule is COc1nc2ccccc2nc1N1CCC(C(=O)Nc2cccc(C)c2)CC1. The summed E-state index contributed by atoms with van der Waals surface area (Å²) in [6.07, 6.45) is 1.55.